The van der Waals surface area contributed by atoms with E-state index in [9.17, 15) is 0 Å². The molecule has 0 spiro atoms. The van der Waals surface area contributed by atoms with Gasteiger partial charge in [-0.2, -0.15) is 4.98 Å². The van der Waals surface area contributed by atoms with E-state index in [4.69, 9.17) is 14.4 Å². The van der Waals surface area contributed by atoms with Gasteiger partial charge in [0.2, 0.25) is 5.82 Å². The second kappa shape index (κ2) is 4.51. The Morgan fingerprint density at radius 3 is 3.00 bits per heavy atom. The molecule has 0 saturated heterocycles. The molecule has 0 aromatic carbocycles. The Bertz CT molecular complexity index is 353. The number of aromatic nitrogens is 2. The first kappa shape index (κ1) is 11.5. The van der Waals surface area contributed by atoms with E-state index < -0.39 is 5.60 Å². The Morgan fingerprint density at radius 1 is 1.62 bits per heavy atom. The van der Waals surface area contributed by atoms with Crippen molar-refractivity contribution >= 4 is 0 Å². The summed E-state index contributed by atoms with van der Waals surface area (Å²) in [5.41, 5.74) is -0.422. The summed E-state index contributed by atoms with van der Waals surface area (Å²) in [4.78, 5) is 4.18. The molecule has 1 aromatic heterocycles. The second-order valence-electron chi connectivity index (χ2n) is 4.57. The lowest BCUT2D eigenvalue weighted by atomic mass is 9.78. The van der Waals surface area contributed by atoms with E-state index in [2.05, 4.69) is 17.1 Å². The Kier molecular flexibility index (Phi) is 3.25. The van der Waals surface area contributed by atoms with Gasteiger partial charge < -0.3 is 14.4 Å². The van der Waals surface area contributed by atoms with Gasteiger partial charge in [-0.25, -0.2) is 0 Å². The molecular formula is C11H18N2O3. The lowest BCUT2D eigenvalue weighted by Crippen LogP contribution is -2.35. The van der Waals surface area contributed by atoms with Crippen LogP contribution in [0.25, 0.3) is 0 Å². The number of ether oxygens (including phenoxy) is 1. The molecule has 1 saturated carbocycles. The van der Waals surface area contributed by atoms with Gasteiger partial charge in [-0.1, -0.05) is 18.5 Å². The summed E-state index contributed by atoms with van der Waals surface area (Å²) in [6, 6.07) is 0. The molecular weight excluding hydrogens is 208 g/mol. The highest BCUT2D eigenvalue weighted by Gasteiger charge is 2.40. The van der Waals surface area contributed by atoms with Gasteiger partial charge in [-0.05, 0) is 25.2 Å². The molecule has 0 radical (unpaired) electrons. The maximum atomic E-state index is 8.92. The quantitative estimate of drug-likeness (QED) is 0.848. The van der Waals surface area contributed by atoms with Gasteiger partial charge in [-0.15, -0.1) is 0 Å². The first-order chi connectivity index (χ1) is 7.70. The maximum Gasteiger partial charge on any atom is 0.252 e. The molecule has 0 amide bonds. The van der Waals surface area contributed by atoms with Crippen LogP contribution in [0.5, 0.6) is 0 Å². The molecule has 1 heterocycles. The van der Waals surface area contributed by atoms with Crippen molar-refractivity contribution in [3.63, 3.8) is 0 Å². The summed E-state index contributed by atoms with van der Waals surface area (Å²) in [7, 11) is 1.69. The second-order valence-corrected chi connectivity index (χ2v) is 4.57. The third-order valence-corrected chi connectivity index (χ3v) is 3.36. The first-order valence-electron chi connectivity index (χ1n) is 5.69. The Labute approximate surface area is 94.8 Å². The number of nitrogens with zero attached hydrogens (tertiary/aromatic N) is 2. The van der Waals surface area contributed by atoms with Crippen molar-refractivity contribution in [1.29, 1.82) is 0 Å². The highest BCUT2D eigenvalue weighted by atomic mass is 16.5. The zero-order valence-corrected chi connectivity index (χ0v) is 9.77. The average Bonchev–Trinajstić information content (AvgIpc) is 2.78. The fourth-order valence-electron chi connectivity index (χ4n) is 2.49. The molecule has 5 nitrogen and oxygen atoms in total. The first-order valence-corrected chi connectivity index (χ1v) is 5.69. The largest absolute Gasteiger partial charge is 0.387 e. The van der Waals surface area contributed by atoms with Crippen LogP contribution in [0.3, 0.4) is 0 Å². The summed E-state index contributed by atoms with van der Waals surface area (Å²) in [5.74, 6) is 1.43. The zero-order chi connectivity index (χ0) is 11.6. The van der Waals surface area contributed by atoms with Gasteiger partial charge in [0.25, 0.3) is 5.89 Å². The van der Waals surface area contributed by atoms with Gasteiger partial charge in [0.1, 0.15) is 12.2 Å². The minimum Gasteiger partial charge on any atom is -0.387 e. The summed E-state index contributed by atoms with van der Waals surface area (Å²) in [6.07, 6.45) is 4.15. The SMILES string of the molecule is COC1(c2noc(CO)n2)CCCC(C)C1. The molecule has 2 atom stereocenters. The summed E-state index contributed by atoms with van der Waals surface area (Å²) in [6.45, 7) is 1.99. The normalized spacial score (nSPS) is 30.6. The van der Waals surface area contributed by atoms with Crippen molar-refractivity contribution in [3.05, 3.63) is 11.7 Å². The molecule has 1 N–H and O–H groups in total. The minimum atomic E-state index is -0.422. The molecule has 2 unspecified atom stereocenters. The van der Waals surface area contributed by atoms with Crippen molar-refractivity contribution in [1.82, 2.24) is 10.1 Å². The molecule has 5 heteroatoms. The van der Waals surface area contributed by atoms with Crippen LogP contribution in [-0.4, -0.2) is 22.4 Å². The number of rotatable bonds is 3. The van der Waals surface area contributed by atoms with Gasteiger partial charge in [-0.3, -0.25) is 0 Å². The van der Waals surface area contributed by atoms with Crippen molar-refractivity contribution in [2.24, 2.45) is 5.92 Å². The monoisotopic (exact) mass is 226 g/mol. The lowest BCUT2D eigenvalue weighted by Gasteiger charge is -2.36. The number of methoxy groups -OCH3 is 1. The number of hydrogen-bond donors (Lipinski definition) is 1. The smallest absolute Gasteiger partial charge is 0.252 e. The molecule has 90 valence electrons. The van der Waals surface area contributed by atoms with E-state index in [1.165, 1.54) is 6.42 Å². The predicted molar refractivity (Wildman–Crippen MR) is 56.5 cm³/mol. The van der Waals surface area contributed by atoms with E-state index in [1.54, 1.807) is 7.11 Å². The molecule has 1 fully saturated rings. The van der Waals surface area contributed by atoms with Crippen LogP contribution in [0.1, 0.15) is 44.3 Å². The fourth-order valence-corrected chi connectivity index (χ4v) is 2.49. The van der Waals surface area contributed by atoms with E-state index >= 15 is 0 Å². The fraction of sp³-hybridized carbons (Fsp3) is 0.818. The van der Waals surface area contributed by atoms with Crippen LogP contribution < -0.4 is 0 Å². The van der Waals surface area contributed by atoms with Crippen molar-refractivity contribution in [2.75, 3.05) is 7.11 Å². The van der Waals surface area contributed by atoms with Crippen LogP contribution in [0.2, 0.25) is 0 Å². The predicted octanol–water partition coefficient (Wildman–Crippen LogP) is 1.61. The van der Waals surface area contributed by atoms with E-state index in [-0.39, 0.29) is 12.5 Å². The van der Waals surface area contributed by atoms with Crippen LogP contribution in [0, 0.1) is 5.92 Å². The van der Waals surface area contributed by atoms with Crippen LogP contribution in [0.15, 0.2) is 4.52 Å². The van der Waals surface area contributed by atoms with Crippen LogP contribution >= 0.6 is 0 Å². The topological polar surface area (TPSA) is 68.4 Å². The van der Waals surface area contributed by atoms with Crippen LogP contribution in [0.4, 0.5) is 0 Å². The van der Waals surface area contributed by atoms with Crippen LogP contribution in [-0.2, 0) is 16.9 Å². The van der Waals surface area contributed by atoms with E-state index in [1.807, 2.05) is 0 Å². The lowest BCUT2D eigenvalue weighted by molar-refractivity contribution is -0.0658. The highest BCUT2D eigenvalue weighted by Crippen LogP contribution is 2.41. The zero-order valence-electron chi connectivity index (χ0n) is 9.77. The molecule has 1 aliphatic carbocycles. The van der Waals surface area contributed by atoms with Crippen molar-refractivity contribution in [3.8, 4) is 0 Å². The summed E-state index contributed by atoms with van der Waals surface area (Å²) in [5, 5.41) is 12.8. The average molecular weight is 226 g/mol. The van der Waals surface area contributed by atoms with Gasteiger partial charge in [0, 0.05) is 7.11 Å². The van der Waals surface area contributed by atoms with Crippen molar-refractivity contribution < 1.29 is 14.4 Å². The highest BCUT2D eigenvalue weighted by molar-refractivity contribution is 5.03. The third kappa shape index (κ3) is 1.97. The third-order valence-electron chi connectivity index (χ3n) is 3.36. The number of aliphatic hydroxyl groups is 1. The Morgan fingerprint density at radius 2 is 2.44 bits per heavy atom. The molecule has 16 heavy (non-hydrogen) atoms. The maximum absolute atomic E-state index is 8.92. The molecule has 0 bridgehead atoms. The standard InChI is InChI=1S/C11H18N2O3/c1-8-4-3-5-11(6-8,15-2)10-12-9(7-14)16-13-10/h8,14H,3-7H2,1-2H3. The minimum absolute atomic E-state index is 0.220. The van der Waals surface area contributed by atoms with Gasteiger partial charge in [0.05, 0.1) is 0 Å². The number of hydrogen-bond acceptors (Lipinski definition) is 5. The Balaban J connectivity index is 2.25. The molecule has 2 rings (SSSR count). The Hall–Kier alpha value is -0.940. The van der Waals surface area contributed by atoms with Crippen molar-refractivity contribution in [2.45, 2.75) is 44.8 Å². The summed E-state index contributed by atoms with van der Waals surface area (Å²) < 4.78 is 10.6. The summed E-state index contributed by atoms with van der Waals surface area (Å²) >= 11 is 0. The molecule has 1 aliphatic rings. The van der Waals surface area contributed by atoms with Gasteiger partial charge >= 0.3 is 0 Å². The van der Waals surface area contributed by atoms with Gasteiger partial charge in [0.15, 0.2) is 0 Å². The molecule has 0 aliphatic heterocycles. The number of aliphatic hydroxyl groups excluding tert-OH is 1. The van der Waals surface area contributed by atoms with E-state index in [0.717, 1.165) is 19.3 Å². The molecule has 1 aromatic rings. The van der Waals surface area contributed by atoms with E-state index in [0.29, 0.717) is 11.7 Å².